The number of hydrogen-bond donors (Lipinski definition) is 0. The van der Waals surface area contributed by atoms with Crippen LogP contribution >= 0.6 is 45.2 Å². The van der Waals surface area contributed by atoms with E-state index in [9.17, 15) is 0 Å². The molecule has 388 valence electrons. The van der Waals surface area contributed by atoms with Crippen LogP contribution in [0.1, 0.15) is 223 Å². The fraction of sp³-hybridized carbons (Fsp3) is 0.806. The Morgan fingerprint density at radius 1 is 0.313 bits per heavy atom. The van der Waals surface area contributed by atoms with Crippen LogP contribution in [0.2, 0.25) is 0 Å². The molecule has 0 radical (unpaired) electrons. The van der Waals surface area contributed by atoms with Crippen molar-refractivity contribution in [3.63, 3.8) is 0 Å². The Morgan fingerprint density at radius 2 is 0.552 bits per heavy atom. The Bertz CT molecular complexity index is 1300. The lowest BCUT2D eigenvalue weighted by Gasteiger charge is -2.27. The summed E-state index contributed by atoms with van der Waals surface area (Å²) < 4.78 is 22.7. The van der Waals surface area contributed by atoms with Gasteiger partial charge >= 0.3 is 0 Å². The van der Waals surface area contributed by atoms with Gasteiger partial charge in [-0.2, -0.15) is 0 Å². The van der Waals surface area contributed by atoms with Gasteiger partial charge in [-0.1, -0.05) is 202 Å². The van der Waals surface area contributed by atoms with Crippen molar-refractivity contribution in [3.05, 3.63) is 71.8 Å². The van der Waals surface area contributed by atoms with Gasteiger partial charge in [0.15, 0.2) is 12.6 Å². The molecule has 2 aromatic carbocycles. The lowest BCUT2D eigenvalue weighted by molar-refractivity contribution is -0.257. The topological polar surface area (TPSA) is 27.7 Å². The molecule has 0 heterocycles. The highest BCUT2D eigenvalue weighted by Gasteiger charge is 2.23. The minimum atomic E-state index is -0.294. The molecule has 0 spiro atoms. The second kappa shape index (κ2) is 38.4. The second-order valence-corrected chi connectivity index (χ2v) is 25.9. The van der Waals surface area contributed by atoms with Crippen molar-refractivity contribution < 1.29 is 14.2 Å². The number of hydrogen-bond acceptors (Lipinski definition) is 3. The third-order valence-corrected chi connectivity index (χ3v) is 16.4. The summed E-state index contributed by atoms with van der Waals surface area (Å²) in [5.74, 6) is 9.52. The fourth-order valence-electron chi connectivity index (χ4n) is 12.3. The quantitative estimate of drug-likeness (QED) is 0.0377. The van der Waals surface area contributed by atoms with Crippen LogP contribution in [0.25, 0.3) is 0 Å². The van der Waals surface area contributed by atoms with E-state index in [0.29, 0.717) is 25.0 Å². The first-order valence-electron chi connectivity index (χ1n) is 28.1. The normalized spacial score (nSPS) is 18.5. The highest BCUT2D eigenvalue weighted by molar-refractivity contribution is 14.1. The Labute approximate surface area is 445 Å². The Balaban J connectivity index is 1.92. The Kier molecular flexibility index (Phi) is 36.1. The standard InChI is InChI=1S/C62H108I2O3/c1-47(35-51(5)39-55(9)43-57(11)41-53(7)37-49(3)25-21-33-63)23-19-31-61(65-45-59-27-15-13-16-28-59)67-62(66-46-60-29-17-14-18-30-60)32-20-24-48(2)36-52(6)40-56(10)44-58(12)42-54(8)38-50(4)26-22-34-64/h13-18,27-30,47-58,61-62H,19-26,31-46H2,1-12H3. The van der Waals surface area contributed by atoms with Crippen LogP contribution in [-0.4, -0.2) is 21.4 Å². The predicted octanol–water partition coefficient (Wildman–Crippen LogP) is 20.4. The van der Waals surface area contributed by atoms with Gasteiger partial charge in [-0.15, -0.1) is 0 Å². The van der Waals surface area contributed by atoms with Crippen molar-refractivity contribution in [2.45, 2.75) is 237 Å². The van der Waals surface area contributed by atoms with Gasteiger partial charge in [-0.25, -0.2) is 0 Å². The average Bonchev–Trinajstić information content (AvgIpc) is 3.25. The van der Waals surface area contributed by atoms with Crippen LogP contribution in [0.5, 0.6) is 0 Å². The summed E-state index contributed by atoms with van der Waals surface area (Å²) in [6, 6.07) is 21.2. The van der Waals surface area contributed by atoms with Gasteiger partial charge in [0.25, 0.3) is 0 Å². The minimum absolute atomic E-state index is 0.294. The molecule has 14 unspecified atom stereocenters. The highest BCUT2D eigenvalue weighted by Crippen LogP contribution is 2.33. The molecule has 14 atom stereocenters. The number of benzene rings is 2. The number of alkyl halides is 2. The summed E-state index contributed by atoms with van der Waals surface area (Å²) in [7, 11) is 0. The van der Waals surface area contributed by atoms with Crippen molar-refractivity contribution in [2.75, 3.05) is 8.86 Å². The van der Waals surface area contributed by atoms with Crippen LogP contribution in [0.4, 0.5) is 0 Å². The van der Waals surface area contributed by atoms with Crippen molar-refractivity contribution in [1.82, 2.24) is 0 Å². The number of ether oxygens (including phenoxy) is 3. The summed E-state index contributed by atoms with van der Waals surface area (Å²) in [6.07, 6.45) is 24.9. The van der Waals surface area contributed by atoms with E-state index in [2.05, 4.69) is 189 Å². The molecular formula is C62H108I2O3. The summed E-state index contributed by atoms with van der Waals surface area (Å²) in [4.78, 5) is 0. The van der Waals surface area contributed by atoms with E-state index < -0.39 is 0 Å². The van der Waals surface area contributed by atoms with Crippen molar-refractivity contribution in [3.8, 4) is 0 Å². The molecule has 0 aliphatic carbocycles. The maximum atomic E-state index is 6.89. The minimum Gasteiger partial charge on any atom is -0.348 e. The molecule has 0 aliphatic heterocycles. The Morgan fingerprint density at radius 3 is 0.806 bits per heavy atom. The van der Waals surface area contributed by atoms with Crippen molar-refractivity contribution in [2.24, 2.45) is 71.0 Å². The molecule has 3 nitrogen and oxygen atoms in total. The lowest BCUT2D eigenvalue weighted by atomic mass is 9.81. The van der Waals surface area contributed by atoms with E-state index in [1.807, 2.05) is 0 Å². The molecule has 2 rings (SSSR count). The number of rotatable bonds is 42. The second-order valence-electron chi connectivity index (χ2n) is 23.7. The third kappa shape index (κ3) is 33.2. The van der Waals surface area contributed by atoms with Gasteiger partial charge < -0.3 is 14.2 Å². The van der Waals surface area contributed by atoms with Gasteiger partial charge in [0.05, 0.1) is 13.2 Å². The van der Waals surface area contributed by atoms with E-state index in [-0.39, 0.29) is 12.6 Å². The molecule has 5 heteroatoms. The largest absolute Gasteiger partial charge is 0.348 e. The first-order valence-corrected chi connectivity index (χ1v) is 31.2. The van der Waals surface area contributed by atoms with Crippen LogP contribution in [0, 0.1) is 71.0 Å². The van der Waals surface area contributed by atoms with E-state index in [0.717, 1.165) is 84.9 Å². The zero-order valence-corrected chi connectivity index (χ0v) is 50.1. The predicted molar refractivity (Wildman–Crippen MR) is 311 cm³/mol. The average molecular weight is 1160 g/mol. The van der Waals surface area contributed by atoms with Crippen LogP contribution < -0.4 is 0 Å². The molecule has 0 fully saturated rings. The van der Waals surface area contributed by atoms with E-state index in [4.69, 9.17) is 14.2 Å². The zero-order valence-electron chi connectivity index (χ0n) is 45.8. The fourth-order valence-corrected chi connectivity index (χ4v) is 13.2. The van der Waals surface area contributed by atoms with Gasteiger partial charge in [0, 0.05) is 0 Å². The summed E-state index contributed by atoms with van der Waals surface area (Å²) in [5, 5.41) is 0. The molecule has 2 aromatic rings. The van der Waals surface area contributed by atoms with Crippen LogP contribution in [-0.2, 0) is 27.4 Å². The van der Waals surface area contributed by atoms with Crippen molar-refractivity contribution in [1.29, 1.82) is 0 Å². The van der Waals surface area contributed by atoms with Crippen LogP contribution in [0.15, 0.2) is 60.7 Å². The monoisotopic (exact) mass is 1150 g/mol. The van der Waals surface area contributed by atoms with Crippen LogP contribution in [0.3, 0.4) is 0 Å². The maximum absolute atomic E-state index is 6.89. The van der Waals surface area contributed by atoms with E-state index in [1.54, 1.807) is 0 Å². The molecular weight excluding hydrogens is 1050 g/mol. The molecule has 0 saturated heterocycles. The highest BCUT2D eigenvalue weighted by atomic mass is 127. The zero-order chi connectivity index (χ0) is 49.4. The van der Waals surface area contributed by atoms with E-state index in [1.165, 1.54) is 123 Å². The van der Waals surface area contributed by atoms with Gasteiger partial charge in [0.2, 0.25) is 0 Å². The van der Waals surface area contributed by atoms with Gasteiger partial charge in [-0.3, -0.25) is 0 Å². The molecule has 0 aliphatic rings. The SMILES string of the molecule is CC(CCCI)CC(C)CC(C)CC(C)CC(C)CC(C)CCCC(OCc1ccccc1)OC(CCCC(C)CC(C)CC(C)CC(C)CC(C)CC(C)CCCI)OCc1ccccc1. The molecule has 0 N–H and O–H groups in total. The van der Waals surface area contributed by atoms with Crippen molar-refractivity contribution >= 4 is 45.2 Å². The molecule has 0 aromatic heterocycles. The van der Waals surface area contributed by atoms with E-state index >= 15 is 0 Å². The Hall–Kier alpha value is -0.220. The summed E-state index contributed by atoms with van der Waals surface area (Å²) >= 11 is 5.05. The molecule has 0 amide bonds. The lowest BCUT2D eigenvalue weighted by Crippen LogP contribution is -2.27. The first-order chi connectivity index (χ1) is 32.0. The molecule has 0 saturated carbocycles. The maximum Gasteiger partial charge on any atom is 0.161 e. The first kappa shape index (κ1) is 62.9. The molecule has 0 bridgehead atoms. The van der Waals surface area contributed by atoms with Gasteiger partial charge in [0.1, 0.15) is 0 Å². The summed E-state index contributed by atoms with van der Waals surface area (Å²) in [6.45, 7) is 31.0. The van der Waals surface area contributed by atoms with Gasteiger partial charge in [-0.05, 0) is 207 Å². The number of halogens is 2. The summed E-state index contributed by atoms with van der Waals surface area (Å²) in [5.41, 5.74) is 2.38. The third-order valence-electron chi connectivity index (χ3n) is 14.8. The smallest absolute Gasteiger partial charge is 0.161 e. The molecule has 67 heavy (non-hydrogen) atoms.